The van der Waals surface area contributed by atoms with E-state index in [-0.39, 0.29) is 5.91 Å². The van der Waals surface area contributed by atoms with E-state index in [0.717, 1.165) is 15.1 Å². The number of carbonyl (C=O) groups excluding carboxylic acids is 1. The highest BCUT2D eigenvalue weighted by Gasteiger charge is 2.09. The molecule has 24 heavy (non-hydrogen) atoms. The summed E-state index contributed by atoms with van der Waals surface area (Å²) in [7, 11) is 0. The van der Waals surface area contributed by atoms with Crippen molar-refractivity contribution < 1.29 is 4.79 Å². The SMILES string of the molecule is C=CCn1c(=NC(=O)/C=C/c2cccs2)sc2cc(C)cc(C)c21. The molecule has 3 aromatic rings. The Labute approximate surface area is 148 Å². The first kappa shape index (κ1) is 16.6. The Morgan fingerprint density at radius 3 is 2.92 bits per heavy atom. The van der Waals surface area contributed by atoms with Gasteiger partial charge in [-0.25, -0.2) is 0 Å². The number of aromatic nitrogens is 1. The molecule has 2 aromatic heterocycles. The first-order valence-corrected chi connectivity index (χ1v) is 9.30. The number of thiophene rings is 1. The largest absolute Gasteiger partial charge is 0.312 e. The summed E-state index contributed by atoms with van der Waals surface area (Å²) in [6, 6.07) is 8.22. The van der Waals surface area contributed by atoms with Gasteiger partial charge in [-0.05, 0) is 48.6 Å². The molecule has 0 atom stereocenters. The number of amides is 1. The van der Waals surface area contributed by atoms with Gasteiger partial charge in [-0.3, -0.25) is 4.79 Å². The standard InChI is InChI=1S/C19H18N2OS2/c1-4-9-21-18-14(3)11-13(2)12-16(18)24-19(21)20-17(22)8-7-15-6-5-10-23-15/h4-8,10-12H,1,9H2,2-3H3/b8-7+,20-19?. The fraction of sp³-hybridized carbons (Fsp3) is 0.158. The second-order valence-electron chi connectivity index (χ2n) is 5.51. The molecule has 0 saturated carbocycles. The predicted molar refractivity (Wildman–Crippen MR) is 103 cm³/mol. The number of carbonyl (C=O) groups is 1. The highest BCUT2D eigenvalue weighted by molar-refractivity contribution is 7.16. The Bertz CT molecular complexity index is 988. The van der Waals surface area contributed by atoms with Crippen LogP contribution in [0.15, 0.2) is 53.4 Å². The minimum absolute atomic E-state index is 0.248. The summed E-state index contributed by atoms with van der Waals surface area (Å²) in [5.74, 6) is -0.248. The quantitative estimate of drug-likeness (QED) is 0.493. The van der Waals surface area contributed by atoms with Crippen LogP contribution in [-0.4, -0.2) is 10.5 Å². The maximum Gasteiger partial charge on any atom is 0.272 e. The molecule has 0 fully saturated rings. The molecular formula is C19H18N2OS2. The topological polar surface area (TPSA) is 34.4 Å². The lowest BCUT2D eigenvalue weighted by molar-refractivity contribution is -0.113. The molecule has 122 valence electrons. The van der Waals surface area contributed by atoms with Crippen molar-refractivity contribution in [2.24, 2.45) is 4.99 Å². The molecule has 0 aliphatic heterocycles. The van der Waals surface area contributed by atoms with E-state index in [9.17, 15) is 4.79 Å². The number of benzene rings is 1. The van der Waals surface area contributed by atoms with E-state index in [1.54, 1.807) is 28.7 Å². The van der Waals surface area contributed by atoms with Gasteiger partial charge in [-0.1, -0.05) is 29.5 Å². The second-order valence-corrected chi connectivity index (χ2v) is 7.50. The molecule has 0 spiro atoms. The van der Waals surface area contributed by atoms with Crippen molar-refractivity contribution in [3.05, 3.63) is 69.2 Å². The molecule has 1 aromatic carbocycles. The van der Waals surface area contributed by atoms with Gasteiger partial charge in [0.1, 0.15) is 0 Å². The van der Waals surface area contributed by atoms with E-state index in [4.69, 9.17) is 0 Å². The molecular weight excluding hydrogens is 336 g/mol. The summed E-state index contributed by atoms with van der Waals surface area (Å²) in [6.45, 7) is 8.62. The van der Waals surface area contributed by atoms with Crippen molar-refractivity contribution in [2.75, 3.05) is 0 Å². The predicted octanol–water partition coefficient (Wildman–Crippen LogP) is 4.71. The molecule has 3 nitrogen and oxygen atoms in total. The smallest absolute Gasteiger partial charge is 0.272 e. The van der Waals surface area contributed by atoms with Crippen LogP contribution in [0.1, 0.15) is 16.0 Å². The normalized spacial score (nSPS) is 12.3. The molecule has 0 N–H and O–H groups in total. The number of rotatable bonds is 4. The molecule has 5 heteroatoms. The number of fused-ring (bicyclic) bond motifs is 1. The lowest BCUT2D eigenvalue weighted by Gasteiger charge is -2.04. The summed E-state index contributed by atoms with van der Waals surface area (Å²) in [4.78, 5) is 18.3. The molecule has 0 unspecified atom stereocenters. The van der Waals surface area contributed by atoms with E-state index < -0.39 is 0 Å². The highest BCUT2D eigenvalue weighted by atomic mass is 32.1. The Morgan fingerprint density at radius 2 is 2.21 bits per heavy atom. The van der Waals surface area contributed by atoms with Crippen LogP contribution < -0.4 is 4.80 Å². The van der Waals surface area contributed by atoms with E-state index in [1.807, 2.05) is 23.6 Å². The molecule has 0 aliphatic rings. The average Bonchev–Trinajstić information content (AvgIpc) is 3.14. The van der Waals surface area contributed by atoms with Crippen molar-refractivity contribution >= 4 is 44.9 Å². The average molecular weight is 355 g/mol. The zero-order chi connectivity index (χ0) is 17.1. The fourth-order valence-corrected chi connectivity index (χ4v) is 4.49. The summed E-state index contributed by atoms with van der Waals surface area (Å²) in [5, 5.41) is 1.98. The van der Waals surface area contributed by atoms with Crippen LogP contribution in [0.3, 0.4) is 0 Å². The third-order valence-electron chi connectivity index (χ3n) is 3.56. The zero-order valence-corrected chi connectivity index (χ0v) is 15.3. The summed E-state index contributed by atoms with van der Waals surface area (Å²) in [6.07, 6.45) is 5.15. The lowest BCUT2D eigenvalue weighted by atomic mass is 10.1. The van der Waals surface area contributed by atoms with E-state index >= 15 is 0 Å². The second kappa shape index (κ2) is 7.11. The van der Waals surface area contributed by atoms with Crippen molar-refractivity contribution in [1.82, 2.24) is 4.57 Å². The number of allylic oxidation sites excluding steroid dienone is 1. The molecule has 1 amide bonds. The van der Waals surface area contributed by atoms with Crippen LogP contribution in [0.25, 0.3) is 16.3 Å². The van der Waals surface area contributed by atoms with Crippen molar-refractivity contribution in [3.63, 3.8) is 0 Å². The summed E-state index contributed by atoms with van der Waals surface area (Å²) >= 11 is 3.13. The Morgan fingerprint density at radius 1 is 1.38 bits per heavy atom. The van der Waals surface area contributed by atoms with Crippen LogP contribution in [0.4, 0.5) is 0 Å². The number of nitrogens with zero attached hydrogens (tertiary/aromatic N) is 2. The molecule has 0 saturated heterocycles. The van der Waals surface area contributed by atoms with Gasteiger partial charge >= 0.3 is 0 Å². The van der Waals surface area contributed by atoms with Crippen molar-refractivity contribution in [2.45, 2.75) is 20.4 Å². The first-order chi connectivity index (χ1) is 11.6. The maximum absolute atomic E-state index is 12.2. The van der Waals surface area contributed by atoms with Crippen LogP contribution in [-0.2, 0) is 11.3 Å². The van der Waals surface area contributed by atoms with Gasteiger partial charge in [0.2, 0.25) is 0 Å². The molecule has 3 rings (SSSR count). The van der Waals surface area contributed by atoms with Gasteiger partial charge in [-0.2, -0.15) is 4.99 Å². The zero-order valence-electron chi connectivity index (χ0n) is 13.7. The van der Waals surface area contributed by atoms with Crippen LogP contribution in [0.2, 0.25) is 0 Å². The lowest BCUT2D eigenvalue weighted by Crippen LogP contribution is -2.16. The number of hydrogen-bond donors (Lipinski definition) is 0. The Kier molecular flexibility index (Phi) is 4.92. The monoisotopic (exact) mass is 354 g/mol. The fourth-order valence-electron chi connectivity index (χ4n) is 2.65. The minimum Gasteiger partial charge on any atom is -0.312 e. The summed E-state index contributed by atoms with van der Waals surface area (Å²) in [5.41, 5.74) is 3.52. The van der Waals surface area contributed by atoms with Gasteiger partial charge in [-0.15, -0.1) is 17.9 Å². The third kappa shape index (κ3) is 3.47. The summed E-state index contributed by atoms with van der Waals surface area (Å²) < 4.78 is 3.20. The van der Waals surface area contributed by atoms with Gasteiger partial charge in [0.05, 0.1) is 10.2 Å². The van der Waals surface area contributed by atoms with Gasteiger partial charge in [0, 0.05) is 17.5 Å². The molecule has 2 heterocycles. The highest BCUT2D eigenvalue weighted by Crippen LogP contribution is 2.23. The first-order valence-electron chi connectivity index (χ1n) is 7.60. The minimum atomic E-state index is -0.248. The molecule has 0 radical (unpaired) electrons. The third-order valence-corrected chi connectivity index (χ3v) is 5.43. The number of thiazole rings is 1. The van der Waals surface area contributed by atoms with Crippen LogP contribution >= 0.6 is 22.7 Å². The van der Waals surface area contributed by atoms with Gasteiger partial charge in [0.25, 0.3) is 5.91 Å². The number of hydrogen-bond acceptors (Lipinski definition) is 3. The van der Waals surface area contributed by atoms with Gasteiger partial charge < -0.3 is 4.57 Å². The van der Waals surface area contributed by atoms with Gasteiger partial charge in [0.15, 0.2) is 4.80 Å². The van der Waals surface area contributed by atoms with Crippen molar-refractivity contribution in [3.8, 4) is 0 Å². The molecule has 0 bridgehead atoms. The van der Waals surface area contributed by atoms with E-state index in [1.165, 1.54) is 17.2 Å². The molecule has 0 aliphatic carbocycles. The number of aryl methyl sites for hydroxylation is 2. The Hall–Kier alpha value is -2.24. The van der Waals surface area contributed by atoms with Crippen LogP contribution in [0.5, 0.6) is 0 Å². The van der Waals surface area contributed by atoms with Crippen molar-refractivity contribution in [1.29, 1.82) is 0 Å². The van der Waals surface area contributed by atoms with Crippen LogP contribution in [0, 0.1) is 13.8 Å². The maximum atomic E-state index is 12.2. The van der Waals surface area contributed by atoms with E-state index in [0.29, 0.717) is 11.3 Å². The van der Waals surface area contributed by atoms with E-state index in [2.05, 4.69) is 42.1 Å². The Balaban J connectivity index is 2.07.